The van der Waals surface area contributed by atoms with Crippen LogP contribution in [0.3, 0.4) is 0 Å². The normalized spacial score (nSPS) is 11.6. The average Bonchev–Trinajstić information content (AvgIpc) is 2.37. The molecule has 0 fully saturated rings. The molecule has 0 saturated carbocycles. The summed E-state index contributed by atoms with van der Waals surface area (Å²) in [6.07, 6.45) is 1.51. The van der Waals surface area contributed by atoms with Crippen molar-refractivity contribution in [3.05, 3.63) is 39.6 Å². The highest BCUT2D eigenvalue weighted by Gasteiger charge is 2.09. The molecule has 0 bridgehead atoms. The minimum atomic E-state index is -0.413. The molecule has 0 saturated heterocycles. The van der Waals surface area contributed by atoms with Gasteiger partial charge in [0, 0.05) is 13.0 Å². The number of allylic oxidation sites excluding steroid dienone is 1. The lowest BCUT2D eigenvalue weighted by Gasteiger charge is -2.13. The van der Waals surface area contributed by atoms with Crippen LogP contribution < -0.4 is 9.47 Å². The van der Waals surface area contributed by atoms with Gasteiger partial charge in [-0.15, -0.1) is 0 Å². The minimum Gasteiger partial charge on any atom is -0.490 e. The summed E-state index contributed by atoms with van der Waals surface area (Å²) in [5.41, 5.74) is 0.808. The zero-order chi connectivity index (χ0) is 15.1. The molecule has 0 atom stereocenters. The third kappa shape index (κ3) is 4.91. The lowest BCUT2D eigenvalue weighted by Crippen LogP contribution is -2.06. The summed E-state index contributed by atoms with van der Waals surface area (Å²) in [6, 6.07) is 5.32. The standard InChI is InChI=1S/C15H21NO4/c1-5-19-15-9-13(8-12(4)16(17)18)6-7-14(15)20-10-11(2)3/h6-9,11H,5,10H2,1-4H3/b12-8+. The summed E-state index contributed by atoms with van der Waals surface area (Å²) in [7, 11) is 0. The van der Waals surface area contributed by atoms with Crippen molar-refractivity contribution in [3.8, 4) is 11.5 Å². The Kier molecular flexibility index (Phi) is 6.03. The number of nitrogens with zero attached hydrogens (tertiary/aromatic N) is 1. The molecule has 0 N–H and O–H groups in total. The Bertz CT molecular complexity index is 495. The Morgan fingerprint density at radius 1 is 1.35 bits per heavy atom. The van der Waals surface area contributed by atoms with E-state index in [9.17, 15) is 10.1 Å². The Morgan fingerprint density at radius 2 is 2.05 bits per heavy atom. The van der Waals surface area contributed by atoms with Crippen molar-refractivity contribution < 1.29 is 14.4 Å². The van der Waals surface area contributed by atoms with Crippen LogP contribution in [0.15, 0.2) is 23.9 Å². The Labute approximate surface area is 119 Å². The largest absolute Gasteiger partial charge is 0.490 e. The lowest BCUT2D eigenvalue weighted by molar-refractivity contribution is -0.422. The molecule has 0 heterocycles. The molecule has 20 heavy (non-hydrogen) atoms. The Balaban J connectivity index is 3.00. The number of benzene rings is 1. The third-order valence-corrected chi connectivity index (χ3v) is 2.50. The second-order valence-electron chi connectivity index (χ2n) is 4.89. The van der Waals surface area contributed by atoms with Crippen molar-refractivity contribution in [2.24, 2.45) is 5.92 Å². The van der Waals surface area contributed by atoms with E-state index in [1.165, 1.54) is 13.0 Å². The number of nitro groups is 1. The van der Waals surface area contributed by atoms with Crippen LogP contribution in [-0.2, 0) is 0 Å². The van der Waals surface area contributed by atoms with E-state index in [0.717, 1.165) is 5.56 Å². The van der Waals surface area contributed by atoms with Gasteiger partial charge in [0.25, 0.3) is 0 Å². The summed E-state index contributed by atoms with van der Waals surface area (Å²) in [5, 5.41) is 10.6. The molecule has 5 heteroatoms. The first-order valence-corrected chi connectivity index (χ1v) is 6.66. The van der Waals surface area contributed by atoms with Crippen LogP contribution in [0.1, 0.15) is 33.3 Å². The summed E-state index contributed by atoms with van der Waals surface area (Å²) in [4.78, 5) is 10.2. The van der Waals surface area contributed by atoms with Crippen molar-refractivity contribution >= 4 is 6.08 Å². The predicted molar refractivity (Wildman–Crippen MR) is 78.6 cm³/mol. The highest BCUT2D eigenvalue weighted by molar-refractivity contribution is 5.56. The summed E-state index contributed by atoms with van der Waals surface area (Å²) >= 11 is 0. The number of hydrogen-bond donors (Lipinski definition) is 0. The molecule has 5 nitrogen and oxygen atoms in total. The van der Waals surface area contributed by atoms with E-state index in [0.29, 0.717) is 30.6 Å². The summed E-state index contributed by atoms with van der Waals surface area (Å²) in [5.74, 6) is 1.69. The summed E-state index contributed by atoms with van der Waals surface area (Å²) in [6.45, 7) is 8.60. The van der Waals surface area contributed by atoms with Gasteiger partial charge in [-0.1, -0.05) is 19.9 Å². The predicted octanol–water partition coefficient (Wildman–Crippen LogP) is 3.76. The molecular weight excluding hydrogens is 258 g/mol. The molecular formula is C15H21NO4. The van der Waals surface area contributed by atoms with Gasteiger partial charge in [-0.2, -0.15) is 0 Å². The molecule has 0 aliphatic carbocycles. The molecule has 1 aromatic rings. The average molecular weight is 279 g/mol. The maximum Gasteiger partial charge on any atom is 0.243 e. The smallest absolute Gasteiger partial charge is 0.243 e. The second kappa shape index (κ2) is 7.53. The van der Waals surface area contributed by atoms with Crippen molar-refractivity contribution in [1.82, 2.24) is 0 Å². The van der Waals surface area contributed by atoms with Crippen LogP contribution in [0.5, 0.6) is 11.5 Å². The monoisotopic (exact) mass is 279 g/mol. The van der Waals surface area contributed by atoms with E-state index < -0.39 is 4.92 Å². The van der Waals surface area contributed by atoms with Gasteiger partial charge in [-0.25, -0.2) is 0 Å². The van der Waals surface area contributed by atoms with Gasteiger partial charge in [0.1, 0.15) is 0 Å². The fourth-order valence-corrected chi connectivity index (χ4v) is 1.55. The minimum absolute atomic E-state index is 0.0864. The topological polar surface area (TPSA) is 61.6 Å². The van der Waals surface area contributed by atoms with Gasteiger partial charge in [0.15, 0.2) is 11.5 Å². The van der Waals surface area contributed by atoms with E-state index in [1.807, 2.05) is 6.92 Å². The molecule has 1 aromatic carbocycles. The second-order valence-corrected chi connectivity index (χ2v) is 4.89. The van der Waals surface area contributed by atoms with Crippen LogP contribution in [0.4, 0.5) is 0 Å². The van der Waals surface area contributed by atoms with Gasteiger partial charge in [-0.3, -0.25) is 10.1 Å². The van der Waals surface area contributed by atoms with Gasteiger partial charge < -0.3 is 9.47 Å². The first kappa shape index (κ1) is 16.0. The molecule has 0 radical (unpaired) electrons. The van der Waals surface area contributed by atoms with E-state index >= 15 is 0 Å². The molecule has 0 aliphatic rings. The molecule has 0 aliphatic heterocycles. The maximum atomic E-state index is 10.6. The van der Waals surface area contributed by atoms with E-state index in [1.54, 1.807) is 18.2 Å². The van der Waals surface area contributed by atoms with Crippen LogP contribution in [0.2, 0.25) is 0 Å². The van der Waals surface area contributed by atoms with Crippen molar-refractivity contribution in [3.63, 3.8) is 0 Å². The maximum absolute atomic E-state index is 10.6. The van der Waals surface area contributed by atoms with Crippen molar-refractivity contribution in [2.45, 2.75) is 27.7 Å². The van der Waals surface area contributed by atoms with Gasteiger partial charge in [0.2, 0.25) is 5.70 Å². The highest BCUT2D eigenvalue weighted by atomic mass is 16.6. The fourth-order valence-electron chi connectivity index (χ4n) is 1.55. The van der Waals surface area contributed by atoms with Gasteiger partial charge in [0.05, 0.1) is 18.1 Å². The highest BCUT2D eigenvalue weighted by Crippen LogP contribution is 2.29. The first-order valence-electron chi connectivity index (χ1n) is 6.66. The third-order valence-electron chi connectivity index (χ3n) is 2.50. The molecule has 0 spiro atoms. The Hall–Kier alpha value is -2.04. The summed E-state index contributed by atoms with van der Waals surface area (Å²) < 4.78 is 11.2. The van der Waals surface area contributed by atoms with E-state index in [-0.39, 0.29) is 5.70 Å². The molecule has 110 valence electrons. The molecule has 0 unspecified atom stereocenters. The zero-order valence-corrected chi connectivity index (χ0v) is 12.4. The zero-order valence-electron chi connectivity index (χ0n) is 12.4. The van der Waals surface area contributed by atoms with E-state index in [2.05, 4.69) is 13.8 Å². The van der Waals surface area contributed by atoms with Crippen LogP contribution in [0.25, 0.3) is 6.08 Å². The van der Waals surface area contributed by atoms with Crippen LogP contribution in [0, 0.1) is 16.0 Å². The molecule has 0 aromatic heterocycles. The number of rotatable bonds is 7. The van der Waals surface area contributed by atoms with E-state index in [4.69, 9.17) is 9.47 Å². The van der Waals surface area contributed by atoms with Crippen LogP contribution in [-0.4, -0.2) is 18.1 Å². The quantitative estimate of drug-likeness (QED) is 0.563. The fraction of sp³-hybridized carbons (Fsp3) is 0.467. The first-order chi connectivity index (χ1) is 9.43. The lowest BCUT2D eigenvalue weighted by atomic mass is 10.1. The molecule has 1 rings (SSSR count). The Morgan fingerprint density at radius 3 is 2.60 bits per heavy atom. The van der Waals surface area contributed by atoms with Crippen LogP contribution >= 0.6 is 0 Å². The number of ether oxygens (including phenoxy) is 2. The number of hydrogen-bond acceptors (Lipinski definition) is 4. The molecule has 0 amide bonds. The SMILES string of the molecule is CCOc1cc(/C=C(\C)[N+](=O)[O-])ccc1OCC(C)C. The van der Waals surface area contributed by atoms with Gasteiger partial charge >= 0.3 is 0 Å². The van der Waals surface area contributed by atoms with Crippen molar-refractivity contribution in [2.75, 3.05) is 13.2 Å². The van der Waals surface area contributed by atoms with Crippen molar-refractivity contribution in [1.29, 1.82) is 0 Å². The van der Waals surface area contributed by atoms with Gasteiger partial charge in [-0.05, 0) is 30.5 Å².